The molecule has 3 aromatic carbocycles. The van der Waals surface area contributed by atoms with Gasteiger partial charge >= 0.3 is 0 Å². The fourth-order valence-corrected chi connectivity index (χ4v) is 4.45. The Balaban J connectivity index is 1.74. The van der Waals surface area contributed by atoms with Crippen molar-refractivity contribution in [3.8, 4) is 22.6 Å². The molecule has 0 N–H and O–H groups in total. The summed E-state index contributed by atoms with van der Waals surface area (Å²) < 4.78 is 11.6. The normalized spacial score (nSPS) is 11.3. The monoisotopic (exact) mass is 494 g/mol. The highest BCUT2D eigenvalue weighted by Crippen LogP contribution is 2.38. The molecule has 3 aromatic rings. The summed E-state index contributed by atoms with van der Waals surface area (Å²) in [6.07, 6.45) is 0. The van der Waals surface area contributed by atoms with E-state index in [1.165, 1.54) is 4.90 Å². The van der Waals surface area contributed by atoms with Crippen molar-refractivity contribution in [2.75, 3.05) is 32.2 Å². The minimum atomic E-state index is -0.160. The topological polar surface area (TPSA) is 42.0 Å². The van der Waals surface area contributed by atoms with Gasteiger partial charge in [0.15, 0.2) is 11.5 Å². The number of ether oxygens (including phenoxy) is 2. The molecule has 0 aromatic heterocycles. The molecular formula is C29H35ClN2O3. The van der Waals surface area contributed by atoms with Gasteiger partial charge in [-0.1, -0.05) is 54.1 Å². The fraction of sp³-hybridized carbons (Fsp3) is 0.345. The third-order valence-electron chi connectivity index (χ3n) is 6.07. The summed E-state index contributed by atoms with van der Waals surface area (Å²) in [5, 5.41) is 0.419. The zero-order chi connectivity index (χ0) is 25.5. The van der Waals surface area contributed by atoms with E-state index in [-0.39, 0.29) is 5.91 Å². The Morgan fingerprint density at radius 2 is 1.49 bits per heavy atom. The Morgan fingerprint density at radius 1 is 0.886 bits per heavy atom. The lowest BCUT2D eigenvalue weighted by molar-refractivity contribution is 0.0993. The molecule has 0 aliphatic heterocycles. The van der Waals surface area contributed by atoms with Crippen molar-refractivity contribution in [1.82, 2.24) is 4.90 Å². The van der Waals surface area contributed by atoms with Gasteiger partial charge in [0.25, 0.3) is 5.91 Å². The van der Waals surface area contributed by atoms with Crippen molar-refractivity contribution in [2.45, 2.75) is 39.8 Å². The van der Waals surface area contributed by atoms with Crippen LogP contribution >= 0.6 is 11.6 Å². The van der Waals surface area contributed by atoms with Crippen LogP contribution in [0.3, 0.4) is 0 Å². The Morgan fingerprint density at radius 3 is 2.06 bits per heavy atom. The molecule has 0 spiro atoms. The summed E-state index contributed by atoms with van der Waals surface area (Å²) in [7, 11) is 3.29. The van der Waals surface area contributed by atoms with Gasteiger partial charge in [0.1, 0.15) is 6.61 Å². The number of hydrogen-bond acceptors (Lipinski definition) is 4. The largest absolute Gasteiger partial charge is 0.493 e. The van der Waals surface area contributed by atoms with Crippen LogP contribution in [0.4, 0.5) is 5.69 Å². The lowest BCUT2D eigenvalue weighted by atomic mass is 10.0. The van der Waals surface area contributed by atoms with Crippen LogP contribution in [0.5, 0.6) is 11.5 Å². The molecule has 5 nitrogen and oxygen atoms in total. The first kappa shape index (κ1) is 26.6. The SMILES string of the molecule is COc1cc(N(C)C(=O)c2ccc(-c3ccccc3)cc2)c(Cl)cc1OCCN(C(C)C)C(C)C. The number of methoxy groups -OCH3 is 1. The van der Waals surface area contributed by atoms with Crippen molar-refractivity contribution in [1.29, 1.82) is 0 Å². The van der Waals surface area contributed by atoms with Gasteiger partial charge in [0.2, 0.25) is 0 Å². The predicted octanol–water partition coefficient (Wildman–Crippen LogP) is 6.79. The third-order valence-corrected chi connectivity index (χ3v) is 6.37. The second-order valence-electron chi connectivity index (χ2n) is 9.04. The summed E-state index contributed by atoms with van der Waals surface area (Å²) >= 11 is 6.59. The Hall–Kier alpha value is -3.02. The van der Waals surface area contributed by atoms with Gasteiger partial charge in [-0.3, -0.25) is 9.69 Å². The number of rotatable bonds is 10. The Kier molecular flexibility index (Phi) is 9.19. The second-order valence-corrected chi connectivity index (χ2v) is 9.44. The summed E-state index contributed by atoms with van der Waals surface area (Å²) in [4.78, 5) is 17.1. The van der Waals surface area contributed by atoms with E-state index in [2.05, 4.69) is 32.6 Å². The molecule has 35 heavy (non-hydrogen) atoms. The van der Waals surface area contributed by atoms with Crippen LogP contribution in [0.15, 0.2) is 66.7 Å². The zero-order valence-corrected chi connectivity index (χ0v) is 22.2. The first-order valence-corrected chi connectivity index (χ1v) is 12.3. The first-order chi connectivity index (χ1) is 16.7. The van der Waals surface area contributed by atoms with Crippen molar-refractivity contribution in [3.63, 3.8) is 0 Å². The van der Waals surface area contributed by atoms with Gasteiger partial charge in [-0.2, -0.15) is 0 Å². The number of carbonyl (C=O) groups is 1. The highest BCUT2D eigenvalue weighted by atomic mass is 35.5. The average Bonchev–Trinajstić information content (AvgIpc) is 2.86. The molecule has 0 bridgehead atoms. The molecule has 0 radical (unpaired) electrons. The van der Waals surface area contributed by atoms with Gasteiger partial charge in [-0.15, -0.1) is 0 Å². The maximum Gasteiger partial charge on any atom is 0.258 e. The molecule has 186 valence electrons. The predicted molar refractivity (Wildman–Crippen MR) is 145 cm³/mol. The minimum absolute atomic E-state index is 0.160. The quantitative estimate of drug-likeness (QED) is 0.311. The van der Waals surface area contributed by atoms with Gasteiger partial charge in [-0.05, 0) is 51.0 Å². The molecule has 0 atom stereocenters. The average molecular weight is 495 g/mol. The number of carbonyl (C=O) groups excluding carboxylic acids is 1. The standard InChI is InChI=1S/C29H35ClN2O3/c1-20(2)32(21(3)4)16-17-35-28-18-25(30)26(19-27(28)34-6)31(5)29(33)24-14-12-23(13-15-24)22-10-8-7-9-11-22/h7-15,18-21H,16-17H2,1-6H3. The molecule has 0 heterocycles. The lowest BCUT2D eigenvalue weighted by Gasteiger charge is -2.30. The van der Waals surface area contributed by atoms with Crippen molar-refractivity contribution >= 4 is 23.2 Å². The Bertz CT molecular complexity index is 1110. The van der Waals surface area contributed by atoms with Gasteiger partial charge in [0.05, 0.1) is 17.8 Å². The highest BCUT2D eigenvalue weighted by molar-refractivity contribution is 6.34. The number of nitrogens with zero attached hydrogens (tertiary/aromatic N) is 2. The second kappa shape index (κ2) is 12.1. The van der Waals surface area contributed by atoms with Gasteiger partial charge < -0.3 is 14.4 Å². The first-order valence-electron chi connectivity index (χ1n) is 11.9. The third kappa shape index (κ3) is 6.56. The van der Waals surface area contributed by atoms with E-state index in [9.17, 15) is 4.79 Å². The molecule has 0 aliphatic rings. The molecule has 0 unspecified atom stereocenters. The Labute approximate surface area is 214 Å². The molecule has 0 saturated carbocycles. The zero-order valence-electron chi connectivity index (χ0n) is 21.4. The molecule has 0 fully saturated rings. The van der Waals surface area contributed by atoms with Crippen LogP contribution in [-0.4, -0.2) is 50.2 Å². The summed E-state index contributed by atoms with van der Waals surface area (Å²) in [5.74, 6) is 0.928. The van der Waals surface area contributed by atoms with Crippen molar-refractivity contribution < 1.29 is 14.3 Å². The van der Waals surface area contributed by atoms with E-state index in [4.69, 9.17) is 21.1 Å². The van der Waals surface area contributed by atoms with Crippen LogP contribution in [0.2, 0.25) is 5.02 Å². The number of anilines is 1. The molecule has 0 aliphatic carbocycles. The van der Waals surface area contributed by atoms with Crippen LogP contribution in [0.1, 0.15) is 38.1 Å². The van der Waals surface area contributed by atoms with Crippen LogP contribution in [0.25, 0.3) is 11.1 Å². The number of halogens is 1. The van der Waals surface area contributed by atoms with E-state index in [0.717, 1.165) is 17.7 Å². The highest BCUT2D eigenvalue weighted by Gasteiger charge is 2.20. The summed E-state index contributed by atoms with van der Waals surface area (Å²) in [5.41, 5.74) is 3.29. The van der Waals surface area contributed by atoms with E-state index in [1.807, 2.05) is 54.6 Å². The number of benzene rings is 3. The van der Waals surface area contributed by atoms with Gasteiger partial charge in [0, 0.05) is 43.4 Å². The molecule has 0 saturated heterocycles. The van der Waals surface area contributed by atoms with E-state index in [0.29, 0.717) is 46.5 Å². The van der Waals surface area contributed by atoms with Crippen molar-refractivity contribution in [2.24, 2.45) is 0 Å². The maximum atomic E-state index is 13.2. The van der Waals surface area contributed by atoms with Crippen LogP contribution in [0, 0.1) is 0 Å². The molecule has 6 heteroatoms. The molecule has 3 rings (SSSR count). The molecule has 1 amide bonds. The summed E-state index contributed by atoms with van der Waals surface area (Å²) in [6, 6.07) is 21.9. The minimum Gasteiger partial charge on any atom is -0.493 e. The van der Waals surface area contributed by atoms with Gasteiger partial charge in [-0.25, -0.2) is 0 Å². The molecular weight excluding hydrogens is 460 g/mol. The smallest absolute Gasteiger partial charge is 0.258 e. The van der Waals surface area contributed by atoms with Crippen LogP contribution < -0.4 is 14.4 Å². The maximum absolute atomic E-state index is 13.2. The number of hydrogen-bond donors (Lipinski definition) is 0. The van der Waals surface area contributed by atoms with E-state index < -0.39 is 0 Å². The van der Waals surface area contributed by atoms with E-state index in [1.54, 1.807) is 26.3 Å². The van der Waals surface area contributed by atoms with E-state index >= 15 is 0 Å². The fourth-order valence-electron chi connectivity index (χ4n) is 4.17. The summed E-state index contributed by atoms with van der Waals surface area (Å²) in [6.45, 7) is 9.99. The lowest BCUT2D eigenvalue weighted by Crippen LogP contribution is -2.39. The van der Waals surface area contributed by atoms with Crippen LogP contribution in [-0.2, 0) is 0 Å². The van der Waals surface area contributed by atoms with Crippen molar-refractivity contribution in [3.05, 3.63) is 77.3 Å². The number of amides is 1.